The summed E-state index contributed by atoms with van der Waals surface area (Å²) in [5, 5.41) is 3.07. The highest BCUT2D eigenvalue weighted by molar-refractivity contribution is 5.79. The van der Waals surface area contributed by atoms with E-state index in [1.165, 1.54) is 12.0 Å². The van der Waals surface area contributed by atoms with E-state index in [1.807, 2.05) is 12.1 Å². The zero-order valence-corrected chi connectivity index (χ0v) is 10.6. The Morgan fingerprint density at radius 3 is 2.78 bits per heavy atom. The summed E-state index contributed by atoms with van der Waals surface area (Å²) in [7, 11) is 0. The summed E-state index contributed by atoms with van der Waals surface area (Å²) >= 11 is 0. The lowest BCUT2D eigenvalue weighted by atomic mass is 9.93. The molecule has 2 fully saturated rings. The summed E-state index contributed by atoms with van der Waals surface area (Å²) in [6, 6.07) is 8.60. The summed E-state index contributed by atoms with van der Waals surface area (Å²) in [4.78, 5) is 11.8. The highest BCUT2D eigenvalue weighted by Gasteiger charge is 2.39. The molecule has 3 rings (SSSR count). The van der Waals surface area contributed by atoms with Gasteiger partial charge in [-0.2, -0.15) is 0 Å². The molecular formula is C15H20N2O. The standard InChI is InChI=1S/C15H20N2O/c16-15(7-8-15)12-4-1-3-11(9-12)10-14(18)17-13-5-2-6-13/h1,3-4,9,13H,2,5-8,10,16H2,(H,17,18). The molecule has 0 aliphatic heterocycles. The molecule has 0 bridgehead atoms. The molecule has 3 heteroatoms. The number of hydrogen-bond donors (Lipinski definition) is 2. The Balaban J connectivity index is 1.63. The van der Waals surface area contributed by atoms with Crippen molar-refractivity contribution in [3.8, 4) is 0 Å². The van der Waals surface area contributed by atoms with Gasteiger partial charge in [-0.05, 0) is 43.2 Å². The molecule has 2 aliphatic rings. The molecule has 3 nitrogen and oxygen atoms in total. The summed E-state index contributed by atoms with van der Waals surface area (Å²) < 4.78 is 0. The number of amides is 1. The molecule has 0 atom stereocenters. The molecule has 0 aromatic heterocycles. The van der Waals surface area contributed by atoms with Gasteiger partial charge >= 0.3 is 0 Å². The van der Waals surface area contributed by atoms with E-state index < -0.39 is 0 Å². The molecule has 1 aromatic carbocycles. The van der Waals surface area contributed by atoms with Gasteiger partial charge in [0.15, 0.2) is 0 Å². The summed E-state index contributed by atoms with van der Waals surface area (Å²) in [5.41, 5.74) is 8.32. The third kappa shape index (κ3) is 2.41. The van der Waals surface area contributed by atoms with Crippen LogP contribution in [0, 0.1) is 0 Å². The van der Waals surface area contributed by atoms with E-state index in [9.17, 15) is 4.79 Å². The van der Waals surface area contributed by atoms with Gasteiger partial charge in [0.05, 0.1) is 6.42 Å². The number of hydrogen-bond acceptors (Lipinski definition) is 2. The van der Waals surface area contributed by atoms with Crippen LogP contribution >= 0.6 is 0 Å². The van der Waals surface area contributed by atoms with Crippen molar-refractivity contribution in [1.82, 2.24) is 5.32 Å². The Morgan fingerprint density at radius 1 is 1.39 bits per heavy atom. The second kappa shape index (κ2) is 4.39. The van der Waals surface area contributed by atoms with Crippen LogP contribution in [0.1, 0.15) is 43.2 Å². The third-order valence-corrected chi connectivity index (χ3v) is 4.13. The molecule has 0 unspecified atom stereocenters. The maximum absolute atomic E-state index is 11.8. The van der Waals surface area contributed by atoms with Crippen LogP contribution in [0.3, 0.4) is 0 Å². The number of nitrogens with one attached hydrogen (secondary N) is 1. The first-order valence-corrected chi connectivity index (χ1v) is 6.83. The molecule has 96 valence electrons. The Hall–Kier alpha value is -1.35. The first-order valence-electron chi connectivity index (χ1n) is 6.83. The molecule has 18 heavy (non-hydrogen) atoms. The molecule has 0 heterocycles. The minimum atomic E-state index is -0.111. The van der Waals surface area contributed by atoms with Gasteiger partial charge in [0.1, 0.15) is 0 Å². The molecule has 0 radical (unpaired) electrons. The molecule has 2 aliphatic carbocycles. The van der Waals surface area contributed by atoms with Crippen LogP contribution in [0.4, 0.5) is 0 Å². The maximum Gasteiger partial charge on any atom is 0.224 e. The van der Waals surface area contributed by atoms with E-state index in [0.717, 1.165) is 31.2 Å². The van der Waals surface area contributed by atoms with Crippen molar-refractivity contribution in [1.29, 1.82) is 0 Å². The minimum Gasteiger partial charge on any atom is -0.353 e. The van der Waals surface area contributed by atoms with Gasteiger partial charge in [0, 0.05) is 11.6 Å². The Kier molecular flexibility index (Phi) is 2.86. The normalized spacial score (nSPS) is 21.2. The van der Waals surface area contributed by atoms with Crippen molar-refractivity contribution in [2.75, 3.05) is 0 Å². The van der Waals surface area contributed by atoms with Crippen molar-refractivity contribution < 1.29 is 4.79 Å². The van der Waals surface area contributed by atoms with E-state index in [0.29, 0.717) is 12.5 Å². The molecular weight excluding hydrogens is 224 g/mol. The Bertz CT molecular complexity index is 461. The fraction of sp³-hybridized carbons (Fsp3) is 0.533. The van der Waals surface area contributed by atoms with E-state index >= 15 is 0 Å². The fourth-order valence-corrected chi connectivity index (χ4v) is 2.43. The lowest BCUT2D eigenvalue weighted by molar-refractivity contribution is -0.121. The van der Waals surface area contributed by atoms with Gasteiger partial charge in [0.2, 0.25) is 5.91 Å². The van der Waals surface area contributed by atoms with Crippen LogP contribution in [0.15, 0.2) is 24.3 Å². The first kappa shape index (κ1) is 11.7. The molecule has 1 amide bonds. The van der Waals surface area contributed by atoms with Gasteiger partial charge in [-0.25, -0.2) is 0 Å². The van der Waals surface area contributed by atoms with Crippen LogP contribution in [-0.4, -0.2) is 11.9 Å². The van der Waals surface area contributed by atoms with Crippen LogP contribution in [-0.2, 0) is 16.8 Å². The smallest absolute Gasteiger partial charge is 0.224 e. The van der Waals surface area contributed by atoms with E-state index in [-0.39, 0.29) is 11.4 Å². The van der Waals surface area contributed by atoms with Gasteiger partial charge in [0.25, 0.3) is 0 Å². The largest absolute Gasteiger partial charge is 0.353 e. The minimum absolute atomic E-state index is 0.111. The van der Waals surface area contributed by atoms with E-state index in [1.54, 1.807) is 0 Å². The van der Waals surface area contributed by atoms with Crippen LogP contribution < -0.4 is 11.1 Å². The molecule has 0 spiro atoms. The Morgan fingerprint density at radius 2 is 2.17 bits per heavy atom. The molecule has 0 saturated heterocycles. The summed E-state index contributed by atoms with van der Waals surface area (Å²) in [5.74, 6) is 0.138. The van der Waals surface area contributed by atoms with Gasteiger partial charge < -0.3 is 11.1 Å². The highest BCUT2D eigenvalue weighted by Crippen LogP contribution is 2.42. The van der Waals surface area contributed by atoms with Crippen molar-refractivity contribution in [2.24, 2.45) is 5.73 Å². The van der Waals surface area contributed by atoms with Crippen molar-refractivity contribution in [2.45, 2.75) is 50.1 Å². The maximum atomic E-state index is 11.8. The van der Waals surface area contributed by atoms with Crippen LogP contribution in [0.25, 0.3) is 0 Å². The second-order valence-electron chi connectivity index (χ2n) is 5.73. The van der Waals surface area contributed by atoms with Crippen molar-refractivity contribution in [3.05, 3.63) is 35.4 Å². The SMILES string of the molecule is NC1(c2cccc(CC(=O)NC3CCC3)c2)CC1. The summed E-state index contributed by atoms with van der Waals surface area (Å²) in [6.07, 6.45) is 6.11. The average molecular weight is 244 g/mol. The number of carbonyl (C=O) groups is 1. The topological polar surface area (TPSA) is 55.1 Å². The number of rotatable bonds is 4. The van der Waals surface area contributed by atoms with E-state index in [4.69, 9.17) is 5.73 Å². The molecule has 3 N–H and O–H groups in total. The zero-order chi connectivity index (χ0) is 12.6. The van der Waals surface area contributed by atoms with Gasteiger partial charge in [-0.15, -0.1) is 0 Å². The van der Waals surface area contributed by atoms with Crippen molar-refractivity contribution >= 4 is 5.91 Å². The molecule has 1 aromatic rings. The lowest BCUT2D eigenvalue weighted by Crippen LogP contribution is -2.40. The van der Waals surface area contributed by atoms with Gasteiger partial charge in [-0.1, -0.05) is 24.3 Å². The fourth-order valence-electron chi connectivity index (χ4n) is 2.43. The summed E-state index contributed by atoms with van der Waals surface area (Å²) in [6.45, 7) is 0. The third-order valence-electron chi connectivity index (χ3n) is 4.13. The van der Waals surface area contributed by atoms with Crippen LogP contribution in [0.2, 0.25) is 0 Å². The monoisotopic (exact) mass is 244 g/mol. The highest BCUT2D eigenvalue weighted by atomic mass is 16.1. The quantitative estimate of drug-likeness (QED) is 0.849. The Labute approximate surface area is 108 Å². The molecule has 2 saturated carbocycles. The second-order valence-corrected chi connectivity index (χ2v) is 5.73. The average Bonchev–Trinajstić information content (AvgIpc) is 3.04. The lowest BCUT2D eigenvalue weighted by Gasteiger charge is -2.26. The zero-order valence-electron chi connectivity index (χ0n) is 10.6. The van der Waals surface area contributed by atoms with Gasteiger partial charge in [-0.3, -0.25) is 4.79 Å². The number of benzene rings is 1. The predicted molar refractivity (Wildman–Crippen MR) is 71.0 cm³/mol. The number of nitrogens with two attached hydrogens (primary N) is 1. The van der Waals surface area contributed by atoms with Crippen molar-refractivity contribution in [3.63, 3.8) is 0 Å². The predicted octanol–water partition coefficient (Wildman–Crippen LogP) is 1.85. The number of carbonyl (C=O) groups excluding carboxylic acids is 1. The first-order chi connectivity index (χ1) is 8.66. The van der Waals surface area contributed by atoms with Crippen LogP contribution in [0.5, 0.6) is 0 Å². The van der Waals surface area contributed by atoms with E-state index in [2.05, 4.69) is 17.4 Å².